The van der Waals surface area contributed by atoms with E-state index in [1.807, 2.05) is 0 Å². The highest BCUT2D eigenvalue weighted by atomic mass is 16.4. The van der Waals surface area contributed by atoms with Crippen molar-refractivity contribution in [2.24, 2.45) is 0 Å². The molecule has 1 aromatic rings. The molecule has 0 fully saturated rings. The van der Waals surface area contributed by atoms with Crippen molar-refractivity contribution >= 4 is 25.6 Å². The Morgan fingerprint density at radius 3 is 2.25 bits per heavy atom. The standard InChI is InChI=1S/C4H6B2N2O4/c9-5(10)3-1-2-7-4(8-3)6(11)12/h1-2,9-12H. The molecule has 0 saturated carbocycles. The molecule has 0 spiro atoms. The second kappa shape index (κ2) is 3.63. The van der Waals surface area contributed by atoms with Crippen molar-refractivity contribution in [2.45, 2.75) is 0 Å². The second-order valence-corrected chi connectivity index (χ2v) is 2.09. The smallest absolute Gasteiger partial charge is 0.422 e. The fourth-order valence-corrected chi connectivity index (χ4v) is 0.657. The molecule has 8 heteroatoms. The Hall–Kier alpha value is -0.950. The number of hydrogen-bond acceptors (Lipinski definition) is 6. The van der Waals surface area contributed by atoms with Crippen LogP contribution in [0.15, 0.2) is 12.3 Å². The van der Waals surface area contributed by atoms with Crippen LogP contribution in [0, 0.1) is 0 Å². The van der Waals surface area contributed by atoms with Gasteiger partial charge < -0.3 is 20.1 Å². The largest absolute Gasteiger partial charge is 0.528 e. The fraction of sp³-hybridized carbons (Fsp3) is 0. The van der Waals surface area contributed by atoms with Crippen molar-refractivity contribution < 1.29 is 20.1 Å². The molecule has 0 bridgehead atoms. The summed E-state index contributed by atoms with van der Waals surface area (Å²) in [6.45, 7) is 0. The summed E-state index contributed by atoms with van der Waals surface area (Å²) in [6.07, 6.45) is 1.20. The van der Waals surface area contributed by atoms with Gasteiger partial charge in [-0.3, -0.25) is 0 Å². The van der Waals surface area contributed by atoms with Crippen molar-refractivity contribution in [3.8, 4) is 0 Å². The van der Waals surface area contributed by atoms with Gasteiger partial charge in [0.05, 0.1) is 5.59 Å². The molecular weight excluding hydrogens is 162 g/mol. The summed E-state index contributed by atoms with van der Waals surface area (Å²) in [5, 5.41) is 34.5. The van der Waals surface area contributed by atoms with Gasteiger partial charge in [-0.05, 0) is 6.07 Å². The van der Waals surface area contributed by atoms with E-state index in [1.54, 1.807) is 0 Å². The lowest BCUT2D eigenvalue weighted by Crippen LogP contribution is -2.43. The van der Waals surface area contributed by atoms with E-state index in [-0.39, 0.29) is 11.3 Å². The van der Waals surface area contributed by atoms with Gasteiger partial charge in [0, 0.05) is 6.20 Å². The highest BCUT2D eigenvalue weighted by Crippen LogP contribution is 1.74. The lowest BCUT2D eigenvalue weighted by molar-refractivity contribution is 0.421. The van der Waals surface area contributed by atoms with E-state index >= 15 is 0 Å². The van der Waals surface area contributed by atoms with Crippen LogP contribution in [0.2, 0.25) is 0 Å². The summed E-state index contributed by atoms with van der Waals surface area (Å²) >= 11 is 0. The highest BCUT2D eigenvalue weighted by molar-refractivity contribution is 6.59. The van der Waals surface area contributed by atoms with E-state index in [0.717, 1.165) is 0 Å². The van der Waals surface area contributed by atoms with Crippen molar-refractivity contribution in [3.63, 3.8) is 0 Å². The normalized spacial score (nSPS) is 9.67. The zero-order valence-electron chi connectivity index (χ0n) is 5.99. The van der Waals surface area contributed by atoms with Crippen molar-refractivity contribution in [1.82, 2.24) is 9.97 Å². The van der Waals surface area contributed by atoms with Crippen LogP contribution in [0.1, 0.15) is 0 Å². The van der Waals surface area contributed by atoms with E-state index in [1.165, 1.54) is 12.3 Å². The molecule has 0 radical (unpaired) electrons. The maximum Gasteiger partial charge on any atom is 0.528 e. The quantitative estimate of drug-likeness (QED) is 0.333. The van der Waals surface area contributed by atoms with E-state index in [2.05, 4.69) is 9.97 Å². The maximum absolute atomic E-state index is 8.63. The van der Waals surface area contributed by atoms with Gasteiger partial charge in [0.2, 0.25) is 0 Å². The molecule has 0 aliphatic carbocycles. The average molecular weight is 168 g/mol. The fourth-order valence-electron chi connectivity index (χ4n) is 0.657. The van der Waals surface area contributed by atoms with E-state index in [0.29, 0.717) is 0 Å². The van der Waals surface area contributed by atoms with Crippen LogP contribution in [0.3, 0.4) is 0 Å². The minimum Gasteiger partial charge on any atom is -0.422 e. The topological polar surface area (TPSA) is 107 Å². The number of rotatable bonds is 2. The molecule has 0 saturated heterocycles. The van der Waals surface area contributed by atoms with E-state index < -0.39 is 14.2 Å². The van der Waals surface area contributed by atoms with Gasteiger partial charge in [-0.1, -0.05) is 0 Å². The molecule has 1 rings (SSSR count). The molecule has 4 N–H and O–H groups in total. The van der Waals surface area contributed by atoms with Crippen LogP contribution >= 0.6 is 0 Å². The Morgan fingerprint density at radius 1 is 1.08 bits per heavy atom. The molecular formula is C4H6B2N2O4. The summed E-state index contributed by atoms with van der Waals surface area (Å²) in [5.41, 5.74) is -0.339. The third-order valence-electron chi connectivity index (χ3n) is 1.19. The molecule has 0 aliphatic heterocycles. The van der Waals surface area contributed by atoms with E-state index in [4.69, 9.17) is 20.1 Å². The molecule has 6 nitrogen and oxygen atoms in total. The molecule has 0 amide bonds. The molecule has 0 aliphatic rings. The maximum atomic E-state index is 8.63. The first-order valence-corrected chi connectivity index (χ1v) is 3.16. The minimum absolute atomic E-state index is 0.0758. The highest BCUT2D eigenvalue weighted by Gasteiger charge is 2.19. The van der Waals surface area contributed by atoms with Gasteiger partial charge in [-0.15, -0.1) is 0 Å². The molecule has 1 aromatic heterocycles. The zero-order valence-corrected chi connectivity index (χ0v) is 5.99. The lowest BCUT2D eigenvalue weighted by Gasteiger charge is -2.00. The predicted molar refractivity (Wildman–Crippen MR) is 41.7 cm³/mol. The van der Waals surface area contributed by atoms with Gasteiger partial charge >= 0.3 is 14.2 Å². The first kappa shape index (κ1) is 9.14. The molecule has 0 atom stereocenters. The molecule has 0 unspecified atom stereocenters. The Bertz CT molecular complexity index is 246. The minimum atomic E-state index is -1.80. The Kier molecular flexibility index (Phi) is 2.77. The first-order chi connectivity index (χ1) is 5.61. The van der Waals surface area contributed by atoms with Gasteiger partial charge in [0.1, 0.15) is 0 Å². The Morgan fingerprint density at radius 2 is 1.75 bits per heavy atom. The van der Waals surface area contributed by atoms with Crippen LogP contribution in [0.25, 0.3) is 0 Å². The van der Waals surface area contributed by atoms with Gasteiger partial charge in [0.15, 0.2) is 5.72 Å². The third kappa shape index (κ3) is 2.02. The SMILES string of the molecule is OB(O)c1ccnc(B(O)O)n1. The van der Waals surface area contributed by atoms with E-state index in [9.17, 15) is 0 Å². The number of hydrogen-bond donors (Lipinski definition) is 4. The summed E-state index contributed by atoms with van der Waals surface area (Å²) in [7, 11) is -3.53. The second-order valence-electron chi connectivity index (χ2n) is 2.09. The first-order valence-electron chi connectivity index (χ1n) is 3.16. The number of nitrogens with zero attached hydrogens (tertiary/aromatic N) is 2. The average Bonchev–Trinajstić information content (AvgIpc) is 2.04. The van der Waals surface area contributed by atoms with Crippen LogP contribution < -0.4 is 11.3 Å². The summed E-state index contributed by atoms with van der Waals surface area (Å²) < 4.78 is 0. The monoisotopic (exact) mass is 168 g/mol. The molecule has 12 heavy (non-hydrogen) atoms. The predicted octanol–water partition coefficient (Wildman–Crippen LogP) is -4.16. The molecule has 62 valence electrons. The third-order valence-corrected chi connectivity index (χ3v) is 1.19. The summed E-state index contributed by atoms with van der Waals surface area (Å²) in [4.78, 5) is 6.95. The lowest BCUT2D eigenvalue weighted by atomic mass is 9.84. The Balaban J connectivity index is 2.96. The van der Waals surface area contributed by atoms with Crippen molar-refractivity contribution in [3.05, 3.63) is 12.3 Å². The Labute approximate surface area is 68.8 Å². The summed E-state index contributed by atoms with van der Waals surface area (Å²) in [5.74, 6) is 0. The van der Waals surface area contributed by atoms with Crippen molar-refractivity contribution in [1.29, 1.82) is 0 Å². The molecule has 1 heterocycles. The molecule has 0 aromatic carbocycles. The van der Waals surface area contributed by atoms with Crippen LogP contribution in [0.5, 0.6) is 0 Å². The zero-order chi connectivity index (χ0) is 9.14. The van der Waals surface area contributed by atoms with Gasteiger partial charge in [-0.2, -0.15) is 0 Å². The van der Waals surface area contributed by atoms with Crippen LogP contribution in [0.4, 0.5) is 0 Å². The van der Waals surface area contributed by atoms with Crippen LogP contribution in [-0.2, 0) is 0 Å². The van der Waals surface area contributed by atoms with Gasteiger partial charge in [-0.25, -0.2) is 9.97 Å². The summed E-state index contributed by atoms with van der Waals surface area (Å²) in [6, 6.07) is 1.26. The number of aromatic nitrogens is 2. The van der Waals surface area contributed by atoms with Gasteiger partial charge in [0.25, 0.3) is 0 Å². The van der Waals surface area contributed by atoms with Crippen molar-refractivity contribution in [2.75, 3.05) is 0 Å². The van der Waals surface area contributed by atoms with Crippen LogP contribution in [-0.4, -0.2) is 44.3 Å².